The monoisotopic (exact) mass is 548 g/mol. The van der Waals surface area contributed by atoms with E-state index in [9.17, 15) is 19.5 Å². The average Bonchev–Trinajstić information content (AvgIpc) is 3.56. The Balaban J connectivity index is 1.14. The number of carboxylic acid groups (broad SMARTS) is 1. The van der Waals surface area contributed by atoms with E-state index in [2.05, 4.69) is 24.3 Å². The molecule has 212 valence electrons. The topological polar surface area (TPSA) is 106 Å². The van der Waals surface area contributed by atoms with Gasteiger partial charge in [-0.15, -0.1) is 0 Å². The molecule has 1 N–H and O–H groups in total. The summed E-state index contributed by atoms with van der Waals surface area (Å²) >= 11 is 0. The number of amides is 2. The van der Waals surface area contributed by atoms with Gasteiger partial charge in [-0.1, -0.05) is 48.5 Å². The second kappa shape index (κ2) is 9.51. The van der Waals surface area contributed by atoms with Crippen LogP contribution in [0.3, 0.4) is 0 Å². The maximum Gasteiger partial charge on any atom is 0.410 e. The summed E-state index contributed by atoms with van der Waals surface area (Å²) in [6.45, 7) is 6.80. The summed E-state index contributed by atoms with van der Waals surface area (Å²) in [6.07, 6.45) is 0.101. The van der Waals surface area contributed by atoms with Gasteiger partial charge in [0.05, 0.1) is 12.2 Å². The lowest BCUT2D eigenvalue weighted by molar-refractivity contribution is -0.149. The lowest BCUT2D eigenvalue weighted by atomic mass is 9.69. The molecule has 40 heavy (non-hydrogen) atoms. The van der Waals surface area contributed by atoms with E-state index >= 15 is 0 Å². The molecule has 1 spiro atoms. The molecule has 2 unspecified atom stereocenters. The summed E-state index contributed by atoms with van der Waals surface area (Å²) in [7, 11) is 0. The lowest BCUT2D eigenvalue weighted by Gasteiger charge is -2.42. The number of carbonyl (C=O) groups is 3. The number of aliphatic carboxylic acids is 1. The van der Waals surface area contributed by atoms with Crippen LogP contribution in [0.4, 0.5) is 9.59 Å². The zero-order valence-electron chi connectivity index (χ0n) is 23.2. The van der Waals surface area contributed by atoms with Gasteiger partial charge in [0.25, 0.3) is 0 Å². The van der Waals surface area contributed by atoms with Crippen LogP contribution < -0.4 is 0 Å². The molecular formula is C31H36N2O7. The van der Waals surface area contributed by atoms with Crippen molar-refractivity contribution in [1.29, 1.82) is 0 Å². The molecule has 0 radical (unpaired) electrons. The highest BCUT2D eigenvalue weighted by atomic mass is 16.6. The van der Waals surface area contributed by atoms with Crippen LogP contribution >= 0.6 is 0 Å². The number of hydrogen-bond donors (Lipinski definition) is 1. The van der Waals surface area contributed by atoms with E-state index in [4.69, 9.17) is 14.2 Å². The minimum atomic E-state index is -1.19. The third-order valence-electron chi connectivity index (χ3n) is 9.08. The van der Waals surface area contributed by atoms with Gasteiger partial charge < -0.3 is 29.1 Å². The summed E-state index contributed by atoms with van der Waals surface area (Å²) in [4.78, 5) is 41.8. The van der Waals surface area contributed by atoms with Crippen molar-refractivity contribution in [3.05, 3.63) is 59.7 Å². The average molecular weight is 549 g/mol. The van der Waals surface area contributed by atoms with Gasteiger partial charge in [-0.2, -0.15) is 0 Å². The Bertz CT molecular complexity index is 1300. The molecule has 3 heterocycles. The standard InChI is InChI=1S/C31H36N2O7/c1-29(2,3)40-28(37)32-14-12-31(13-15-32)25-16-33(18-30(25,19-39-31)26(34)35)27(36)38-17-24-22-10-6-4-8-20(22)21-9-5-7-11-23(21)24/h4-11,24-25H,12-19H2,1-3H3,(H,34,35). The molecule has 0 saturated carbocycles. The van der Waals surface area contributed by atoms with Crippen molar-refractivity contribution < 1.29 is 33.7 Å². The number of benzene rings is 2. The van der Waals surface area contributed by atoms with Crippen molar-refractivity contribution in [2.24, 2.45) is 11.3 Å². The molecule has 0 aromatic heterocycles. The fourth-order valence-corrected chi connectivity index (χ4v) is 7.09. The predicted molar refractivity (Wildman–Crippen MR) is 146 cm³/mol. The van der Waals surface area contributed by atoms with Crippen molar-refractivity contribution in [2.45, 2.75) is 50.7 Å². The van der Waals surface area contributed by atoms with Crippen LogP contribution in [0.15, 0.2) is 48.5 Å². The SMILES string of the molecule is CC(C)(C)OC(=O)N1CCC2(CC1)OCC1(C(=O)O)CN(C(=O)OCC3c4ccccc4-c4ccccc43)CC21. The van der Waals surface area contributed by atoms with E-state index in [1.165, 1.54) is 4.90 Å². The number of piperidine rings is 1. The first-order valence-electron chi connectivity index (χ1n) is 14.0. The van der Waals surface area contributed by atoms with E-state index in [-0.39, 0.29) is 38.3 Å². The van der Waals surface area contributed by atoms with Crippen LogP contribution in [-0.2, 0) is 19.0 Å². The molecule has 9 heteroatoms. The van der Waals surface area contributed by atoms with E-state index < -0.39 is 34.6 Å². The highest BCUT2D eigenvalue weighted by Gasteiger charge is 2.67. The molecule has 4 aliphatic rings. The Morgan fingerprint density at radius 3 is 2.12 bits per heavy atom. The Morgan fingerprint density at radius 2 is 1.55 bits per heavy atom. The number of fused-ring (bicyclic) bond motifs is 5. The predicted octanol–water partition coefficient (Wildman–Crippen LogP) is 4.74. The summed E-state index contributed by atoms with van der Waals surface area (Å²) in [5.41, 5.74) is 2.05. The van der Waals surface area contributed by atoms with Gasteiger partial charge in [-0.25, -0.2) is 9.59 Å². The second-order valence-corrected chi connectivity index (χ2v) is 12.5. The van der Waals surface area contributed by atoms with E-state index in [0.29, 0.717) is 25.9 Å². The molecule has 6 rings (SSSR count). The Kier molecular flexibility index (Phi) is 6.33. The molecule has 2 atom stereocenters. The normalized spacial score (nSPS) is 24.9. The van der Waals surface area contributed by atoms with Crippen LogP contribution in [0.5, 0.6) is 0 Å². The van der Waals surface area contributed by atoms with Crippen molar-refractivity contribution in [3.63, 3.8) is 0 Å². The number of nitrogens with zero attached hydrogens (tertiary/aromatic N) is 2. The minimum absolute atomic E-state index is 0.0343. The molecule has 2 amide bonds. The zero-order valence-corrected chi connectivity index (χ0v) is 23.2. The second-order valence-electron chi connectivity index (χ2n) is 12.5. The van der Waals surface area contributed by atoms with Crippen molar-refractivity contribution in [2.75, 3.05) is 39.4 Å². The van der Waals surface area contributed by atoms with Gasteiger partial charge in [0.1, 0.15) is 17.6 Å². The number of carboxylic acids is 1. The van der Waals surface area contributed by atoms with Crippen LogP contribution in [-0.4, -0.2) is 83.7 Å². The van der Waals surface area contributed by atoms with Gasteiger partial charge in [-0.3, -0.25) is 4.79 Å². The quantitative estimate of drug-likeness (QED) is 0.591. The fourth-order valence-electron chi connectivity index (χ4n) is 7.09. The van der Waals surface area contributed by atoms with Gasteiger partial charge in [0, 0.05) is 38.0 Å². The Morgan fingerprint density at radius 1 is 0.950 bits per heavy atom. The highest BCUT2D eigenvalue weighted by molar-refractivity contribution is 5.81. The molecule has 9 nitrogen and oxygen atoms in total. The summed E-state index contributed by atoms with van der Waals surface area (Å²) < 4.78 is 17.6. The third-order valence-corrected chi connectivity index (χ3v) is 9.08. The number of rotatable bonds is 3. The third kappa shape index (κ3) is 4.31. The molecular weight excluding hydrogens is 512 g/mol. The maximum atomic E-state index is 13.4. The fraction of sp³-hybridized carbons (Fsp3) is 0.516. The molecule has 0 bridgehead atoms. The molecule has 2 aromatic carbocycles. The van der Waals surface area contributed by atoms with E-state index in [1.807, 2.05) is 45.0 Å². The van der Waals surface area contributed by atoms with Gasteiger partial charge in [-0.05, 0) is 55.9 Å². The number of carbonyl (C=O) groups excluding carboxylic acids is 2. The zero-order chi connectivity index (χ0) is 28.3. The van der Waals surface area contributed by atoms with E-state index in [1.54, 1.807) is 4.90 Å². The molecule has 3 saturated heterocycles. The number of hydrogen-bond acceptors (Lipinski definition) is 6. The van der Waals surface area contributed by atoms with Crippen molar-refractivity contribution in [3.8, 4) is 11.1 Å². The van der Waals surface area contributed by atoms with Crippen LogP contribution in [0, 0.1) is 11.3 Å². The molecule has 3 aliphatic heterocycles. The summed E-state index contributed by atoms with van der Waals surface area (Å²) in [5, 5.41) is 10.3. The smallest absolute Gasteiger partial charge is 0.410 e. The van der Waals surface area contributed by atoms with Gasteiger partial charge >= 0.3 is 18.2 Å². The molecule has 1 aliphatic carbocycles. The van der Waals surface area contributed by atoms with Crippen molar-refractivity contribution >= 4 is 18.2 Å². The first-order chi connectivity index (χ1) is 19.0. The number of likely N-dealkylation sites (tertiary alicyclic amines) is 2. The van der Waals surface area contributed by atoms with Crippen LogP contribution in [0.2, 0.25) is 0 Å². The Labute approximate surface area is 234 Å². The van der Waals surface area contributed by atoms with E-state index in [0.717, 1.165) is 22.3 Å². The lowest BCUT2D eigenvalue weighted by Crippen LogP contribution is -2.52. The molecule has 2 aromatic rings. The summed E-state index contributed by atoms with van der Waals surface area (Å²) in [6, 6.07) is 16.3. The first kappa shape index (κ1) is 26.6. The van der Waals surface area contributed by atoms with Crippen molar-refractivity contribution in [1.82, 2.24) is 9.80 Å². The number of ether oxygens (including phenoxy) is 3. The van der Waals surface area contributed by atoms with Crippen LogP contribution in [0.1, 0.15) is 50.7 Å². The molecule has 3 fully saturated rings. The highest BCUT2D eigenvalue weighted by Crippen LogP contribution is 2.54. The van der Waals surface area contributed by atoms with Gasteiger partial charge in [0.2, 0.25) is 0 Å². The first-order valence-corrected chi connectivity index (χ1v) is 14.0. The van der Waals surface area contributed by atoms with Crippen LogP contribution in [0.25, 0.3) is 11.1 Å². The minimum Gasteiger partial charge on any atom is -0.481 e. The maximum absolute atomic E-state index is 13.4. The Hall–Kier alpha value is -3.59. The summed E-state index contributed by atoms with van der Waals surface area (Å²) in [5.74, 6) is -1.42. The largest absolute Gasteiger partial charge is 0.481 e. The van der Waals surface area contributed by atoms with Gasteiger partial charge in [0.15, 0.2) is 0 Å².